The number of likely N-dealkylation sites (tertiary alicyclic amines) is 1. The summed E-state index contributed by atoms with van der Waals surface area (Å²) in [4.78, 5) is 25.4. The molecule has 1 atom stereocenters. The quantitative estimate of drug-likeness (QED) is 0.771. The highest BCUT2D eigenvalue weighted by molar-refractivity contribution is 5.85. The average molecular weight is 256 g/mol. The Bertz CT molecular complexity index is 331. The Kier molecular flexibility index (Phi) is 4.37. The fourth-order valence-electron chi connectivity index (χ4n) is 2.57. The first-order valence-electron chi connectivity index (χ1n) is 6.58. The van der Waals surface area contributed by atoms with Crippen molar-refractivity contribution in [3.8, 4) is 0 Å². The maximum absolute atomic E-state index is 12.5. The number of rotatable bonds is 5. The van der Waals surface area contributed by atoms with E-state index >= 15 is 0 Å². The summed E-state index contributed by atoms with van der Waals surface area (Å²) in [6.07, 6.45) is 1.90. The largest absolute Gasteiger partial charge is 0.481 e. The second-order valence-corrected chi connectivity index (χ2v) is 5.53. The molecule has 1 heterocycles. The standard InChI is InChI=1S/C13H24N2O3/c1-4-13(5-2,8-14)10(16)15-7-6-12(3,9-15)11(17)18/h4-9,14H2,1-3H3,(H,17,18). The van der Waals surface area contributed by atoms with Gasteiger partial charge in [0.1, 0.15) is 0 Å². The van der Waals surface area contributed by atoms with Gasteiger partial charge in [-0.25, -0.2) is 0 Å². The van der Waals surface area contributed by atoms with Crippen LogP contribution in [0, 0.1) is 10.8 Å². The summed E-state index contributed by atoms with van der Waals surface area (Å²) in [5.74, 6) is -0.816. The van der Waals surface area contributed by atoms with Gasteiger partial charge in [-0.3, -0.25) is 9.59 Å². The van der Waals surface area contributed by atoms with Crippen molar-refractivity contribution in [3.63, 3.8) is 0 Å². The van der Waals surface area contributed by atoms with Crippen LogP contribution in [0.2, 0.25) is 0 Å². The third-order valence-corrected chi connectivity index (χ3v) is 4.47. The molecule has 104 valence electrons. The van der Waals surface area contributed by atoms with Gasteiger partial charge in [-0.05, 0) is 26.2 Å². The fourth-order valence-corrected chi connectivity index (χ4v) is 2.57. The maximum Gasteiger partial charge on any atom is 0.311 e. The Morgan fingerprint density at radius 3 is 2.28 bits per heavy atom. The van der Waals surface area contributed by atoms with Gasteiger partial charge in [-0.1, -0.05) is 13.8 Å². The van der Waals surface area contributed by atoms with Crippen LogP contribution in [0.3, 0.4) is 0 Å². The summed E-state index contributed by atoms with van der Waals surface area (Å²) in [6, 6.07) is 0. The molecule has 1 rings (SSSR count). The Hall–Kier alpha value is -1.10. The van der Waals surface area contributed by atoms with Gasteiger partial charge >= 0.3 is 5.97 Å². The van der Waals surface area contributed by atoms with E-state index in [1.54, 1.807) is 11.8 Å². The van der Waals surface area contributed by atoms with E-state index in [-0.39, 0.29) is 5.91 Å². The third kappa shape index (κ3) is 2.36. The van der Waals surface area contributed by atoms with E-state index < -0.39 is 16.8 Å². The van der Waals surface area contributed by atoms with Gasteiger partial charge in [0.2, 0.25) is 5.91 Å². The number of carbonyl (C=O) groups is 2. The van der Waals surface area contributed by atoms with Crippen LogP contribution in [0.4, 0.5) is 0 Å². The van der Waals surface area contributed by atoms with Gasteiger partial charge in [0.05, 0.1) is 10.8 Å². The zero-order valence-electron chi connectivity index (χ0n) is 11.5. The number of carboxylic acid groups (broad SMARTS) is 1. The lowest BCUT2D eigenvalue weighted by atomic mass is 9.81. The number of amides is 1. The minimum atomic E-state index is -0.829. The lowest BCUT2D eigenvalue weighted by Crippen LogP contribution is -2.47. The lowest BCUT2D eigenvalue weighted by molar-refractivity contribution is -0.148. The number of hydrogen-bond acceptors (Lipinski definition) is 3. The maximum atomic E-state index is 12.5. The van der Waals surface area contributed by atoms with Crippen molar-refractivity contribution in [3.05, 3.63) is 0 Å². The summed E-state index contributed by atoms with van der Waals surface area (Å²) in [5.41, 5.74) is 4.43. The Labute approximate surface area is 108 Å². The first kappa shape index (κ1) is 15.0. The van der Waals surface area contributed by atoms with Crippen molar-refractivity contribution in [2.24, 2.45) is 16.6 Å². The number of hydrogen-bond donors (Lipinski definition) is 2. The first-order valence-corrected chi connectivity index (χ1v) is 6.58. The molecule has 5 nitrogen and oxygen atoms in total. The molecule has 0 aromatic carbocycles. The molecule has 0 aromatic rings. The van der Waals surface area contributed by atoms with Gasteiger partial charge < -0.3 is 15.7 Å². The lowest BCUT2D eigenvalue weighted by Gasteiger charge is -2.33. The van der Waals surface area contributed by atoms with Gasteiger partial charge in [0.25, 0.3) is 0 Å². The van der Waals surface area contributed by atoms with Crippen molar-refractivity contribution in [1.82, 2.24) is 4.90 Å². The molecule has 1 unspecified atom stereocenters. The smallest absolute Gasteiger partial charge is 0.311 e. The molecule has 1 fully saturated rings. The van der Waals surface area contributed by atoms with Crippen LogP contribution >= 0.6 is 0 Å². The molecule has 0 aliphatic carbocycles. The number of nitrogens with two attached hydrogens (primary N) is 1. The van der Waals surface area contributed by atoms with Crippen LogP contribution in [0.25, 0.3) is 0 Å². The molecule has 0 radical (unpaired) electrons. The zero-order valence-corrected chi connectivity index (χ0v) is 11.5. The normalized spacial score (nSPS) is 24.3. The number of carboxylic acids is 1. The van der Waals surface area contributed by atoms with E-state index in [4.69, 9.17) is 5.73 Å². The second kappa shape index (κ2) is 5.26. The van der Waals surface area contributed by atoms with E-state index in [0.717, 1.165) is 0 Å². The molecule has 1 amide bonds. The molecule has 5 heteroatoms. The van der Waals surface area contributed by atoms with Crippen LogP contribution in [-0.2, 0) is 9.59 Å². The van der Waals surface area contributed by atoms with Crippen molar-refractivity contribution in [2.75, 3.05) is 19.6 Å². The molecule has 1 saturated heterocycles. The fraction of sp³-hybridized carbons (Fsp3) is 0.846. The minimum Gasteiger partial charge on any atom is -0.481 e. The van der Waals surface area contributed by atoms with Crippen LogP contribution in [0.1, 0.15) is 40.0 Å². The van der Waals surface area contributed by atoms with E-state index in [2.05, 4.69) is 0 Å². The predicted molar refractivity (Wildman–Crippen MR) is 69.0 cm³/mol. The predicted octanol–water partition coefficient (Wildman–Crippen LogP) is 1.07. The second-order valence-electron chi connectivity index (χ2n) is 5.53. The summed E-state index contributed by atoms with van der Waals surface area (Å²) < 4.78 is 0. The van der Waals surface area contributed by atoms with Crippen LogP contribution in [0.5, 0.6) is 0 Å². The van der Waals surface area contributed by atoms with E-state index in [1.165, 1.54) is 0 Å². The summed E-state index contributed by atoms with van der Waals surface area (Å²) in [5, 5.41) is 9.18. The molecule has 0 spiro atoms. The molecular weight excluding hydrogens is 232 g/mol. The molecule has 18 heavy (non-hydrogen) atoms. The van der Waals surface area contributed by atoms with Gasteiger partial charge in [-0.2, -0.15) is 0 Å². The monoisotopic (exact) mass is 256 g/mol. The molecule has 1 aliphatic rings. The first-order chi connectivity index (χ1) is 8.35. The molecule has 0 aromatic heterocycles. The van der Waals surface area contributed by atoms with Gasteiger partial charge in [0.15, 0.2) is 0 Å². The highest BCUT2D eigenvalue weighted by Gasteiger charge is 2.46. The van der Waals surface area contributed by atoms with Crippen molar-refractivity contribution in [1.29, 1.82) is 0 Å². The third-order valence-electron chi connectivity index (χ3n) is 4.47. The van der Waals surface area contributed by atoms with Crippen molar-refractivity contribution >= 4 is 11.9 Å². The van der Waals surface area contributed by atoms with Crippen molar-refractivity contribution < 1.29 is 14.7 Å². The van der Waals surface area contributed by atoms with E-state index in [9.17, 15) is 14.7 Å². The van der Waals surface area contributed by atoms with Crippen LogP contribution in [0.15, 0.2) is 0 Å². The molecule has 1 aliphatic heterocycles. The highest BCUT2D eigenvalue weighted by atomic mass is 16.4. The van der Waals surface area contributed by atoms with Gasteiger partial charge in [0, 0.05) is 19.6 Å². The van der Waals surface area contributed by atoms with E-state index in [0.29, 0.717) is 38.9 Å². The highest BCUT2D eigenvalue weighted by Crippen LogP contribution is 2.35. The Morgan fingerprint density at radius 2 is 1.94 bits per heavy atom. The average Bonchev–Trinajstić information content (AvgIpc) is 2.76. The summed E-state index contributed by atoms with van der Waals surface area (Å²) in [6.45, 7) is 6.75. The Morgan fingerprint density at radius 1 is 1.39 bits per heavy atom. The molecular formula is C13H24N2O3. The summed E-state index contributed by atoms with van der Waals surface area (Å²) in [7, 11) is 0. The van der Waals surface area contributed by atoms with E-state index in [1.807, 2.05) is 13.8 Å². The zero-order chi connectivity index (χ0) is 14.0. The molecule has 0 saturated carbocycles. The topological polar surface area (TPSA) is 83.6 Å². The van der Waals surface area contributed by atoms with Crippen LogP contribution in [-0.4, -0.2) is 41.5 Å². The SMILES string of the molecule is CCC(CC)(CN)C(=O)N1CCC(C)(C(=O)O)C1. The number of carbonyl (C=O) groups excluding carboxylic acids is 1. The molecule has 0 bridgehead atoms. The summed E-state index contributed by atoms with van der Waals surface area (Å²) >= 11 is 0. The van der Waals surface area contributed by atoms with Crippen molar-refractivity contribution in [2.45, 2.75) is 40.0 Å². The Balaban J connectivity index is 2.85. The van der Waals surface area contributed by atoms with Gasteiger partial charge in [-0.15, -0.1) is 0 Å². The number of nitrogens with zero attached hydrogens (tertiary/aromatic N) is 1. The minimum absolute atomic E-state index is 0.0139. The molecule has 3 N–H and O–H groups in total. The van der Waals surface area contributed by atoms with Crippen LogP contribution < -0.4 is 5.73 Å². The number of aliphatic carboxylic acids is 1.